The number of nitrogens with one attached hydrogen (secondary N) is 2. The van der Waals surface area contributed by atoms with Crippen LogP contribution in [-0.2, 0) is 32.8 Å². The number of ether oxygens (including phenoxy) is 3. The van der Waals surface area contributed by atoms with Crippen molar-refractivity contribution in [3.05, 3.63) is 83.6 Å². The van der Waals surface area contributed by atoms with Crippen molar-refractivity contribution in [2.75, 3.05) is 11.5 Å². The molecule has 276 valence electrons. The molecule has 5 aromatic rings. The third-order valence-electron chi connectivity index (χ3n) is 8.05. The topological polar surface area (TPSA) is 158 Å². The summed E-state index contributed by atoms with van der Waals surface area (Å²) in [5, 5.41) is 5.67. The van der Waals surface area contributed by atoms with Crippen LogP contribution >= 0.6 is 0 Å². The predicted molar refractivity (Wildman–Crippen MR) is 197 cm³/mol. The van der Waals surface area contributed by atoms with Crippen molar-refractivity contribution in [2.24, 2.45) is 5.92 Å². The van der Waals surface area contributed by atoms with Gasteiger partial charge in [0.05, 0.1) is 18.7 Å². The summed E-state index contributed by atoms with van der Waals surface area (Å²) in [5.41, 5.74) is 1.88. The highest BCUT2D eigenvalue weighted by Crippen LogP contribution is 2.33. The fourth-order valence-corrected chi connectivity index (χ4v) is 6.29. The molecular formula is C37H45N7O7S. The first-order valence-corrected chi connectivity index (χ1v) is 18.6. The number of hydrogen-bond donors (Lipinski definition) is 2. The molecule has 0 unspecified atom stereocenters. The number of hydrogen-bond acceptors (Lipinski definition) is 9. The summed E-state index contributed by atoms with van der Waals surface area (Å²) in [6.07, 6.45) is 0.570. The first kappa shape index (κ1) is 36.6. The number of benzene rings is 2. The van der Waals surface area contributed by atoms with E-state index in [0.717, 1.165) is 29.5 Å². The second-order valence-electron chi connectivity index (χ2n) is 14.9. The fraction of sp³-hybridized carbons (Fsp3) is 0.405. The molecule has 0 saturated heterocycles. The lowest BCUT2D eigenvalue weighted by Gasteiger charge is -2.27. The maximum Gasteiger partial charge on any atom is 0.422 e. The number of rotatable bonds is 11. The second kappa shape index (κ2) is 14.1. The summed E-state index contributed by atoms with van der Waals surface area (Å²) in [7, 11) is -4.24. The van der Waals surface area contributed by atoms with E-state index in [1.165, 1.54) is 4.90 Å². The monoisotopic (exact) mass is 731 g/mol. The Morgan fingerprint density at radius 2 is 1.63 bits per heavy atom. The Morgan fingerprint density at radius 1 is 0.923 bits per heavy atom. The molecule has 14 nitrogen and oxygen atoms in total. The molecule has 3 heterocycles. The van der Waals surface area contributed by atoms with Gasteiger partial charge in [0.15, 0.2) is 5.82 Å². The minimum atomic E-state index is -4.24. The van der Waals surface area contributed by atoms with E-state index in [9.17, 15) is 18.0 Å². The van der Waals surface area contributed by atoms with Gasteiger partial charge < -0.3 is 14.2 Å². The molecule has 2 N–H and O–H groups in total. The second-order valence-corrected chi connectivity index (χ2v) is 16.4. The Hall–Kier alpha value is -5.15. The van der Waals surface area contributed by atoms with Crippen molar-refractivity contribution in [1.29, 1.82) is 0 Å². The third kappa shape index (κ3) is 8.83. The van der Waals surface area contributed by atoms with Gasteiger partial charge >= 0.3 is 22.4 Å². The van der Waals surface area contributed by atoms with E-state index in [1.54, 1.807) is 37.4 Å². The van der Waals surface area contributed by atoms with Crippen molar-refractivity contribution in [3.8, 4) is 11.8 Å². The lowest BCUT2D eigenvalue weighted by molar-refractivity contribution is 0.0561. The number of carbonyl (C=O) groups excluding carboxylic acids is 2. The minimum Gasteiger partial charge on any atom is -0.477 e. The first-order chi connectivity index (χ1) is 24.5. The van der Waals surface area contributed by atoms with Crippen LogP contribution in [0.4, 0.5) is 15.4 Å². The van der Waals surface area contributed by atoms with Crippen molar-refractivity contribution in [2.45, 2.75) is 85.6 Å². The average molecular weight is 732 g/mol. The van der Waals surface area contributed by atoms with Crippen molar-refractivity contribution >= 4 is 44.6 Å². The lowest BCUT2D eigenvalue weighted by atomic mass is 10.1. The summed E-state index contributed by atoms with van der Waals surface area (Å²) in [5.74, 6) is 1.59. The zero-order valence-corrected chi connectivity index (χ0v) is 31.3. The van der Waals surface area contributed by atoms with E-state index < -0.39 is 33.6 Å². The zero-order valence-electron chi connectivity index (χ0n) is 30.5. The van der Waals surface area contributed by atoms with E-state index in [2.05, 4.69) is 4.72 Å². The number of nitrogens with zero attached hydrogens (tertiary/aromatic N) is 5. The number of aromatic nitrogens is 4. The summed E-state index contributed by atoms with van der Waals surface area (Å²) >= 11 is 0. The molecule has 0 aliphatic heterocycles. The van der Waals surface area contributed by atoms with Crippen LogP contribution in [0.5, 0.6) is 5.88 Å². The van der Waals surface area contributed by atoms with Gasteiger partial charge in [0.25, 0.3) is 5.95 Å². The van der Waals surface area contributed by atoms with Crippen LogP contribution in [0.3, 0.4) is 0 Å². The molecule has 0 radical (unpaired) electrons. The van der Waals surface area contributed by atoms with Gasteiger partial charge in [-0.05, 0) is 96.6 Å². The van der Waals surface area contributed by atoms with Gasteiger partial charge in [-0.25, -0.2) is 14.3 Å². The smallest absolute Gasteiger partial charge is 0.422 e. The van der Waals surface area contributed by atoms with Crippen LogP contribution < -0.4 is 19.1 Å². The molecule has 2 aromatic carbocycles. The predicted octanol–water partition coefficient (Wildman–Crippen LogP) is 6.57. The average Bonchev–Trinajstić information content (AvgIpc) is 3.68. The van der Waals surface area contributed by atoms with E-state index in [0.29, 0.717) is 40.8 Å². The third-order valence-corrected chi connectivity index (χ3v) is 9.01. The van der Waals surface area contributed by atoms with Gasteiger partial charge in [-0.15, -0.1) is 5.10 Å². The molecule has 1 fully saturated rings. The lowest BCUT2D eigenvalue weighted by Crippen LogP contribution is -2.42. The maximum absolute atomic E-state index is 14.0. The van der Waals surface area contributed by atoms with Crippen LogP contribution in [-0.4, -0.2) is 57.6 Å². The Kier molecular flexibility index (Phi) is 9.94. The Morgan fingerprint density at radius 3 is 2.31 bits per heavy atom. The molecule has 6 rings (SSSR count). The number of amides is 2. The van der Waals surface area contributed by atoms with Crippen LogP contribution in [0.2, 0.25) is 0 Å². The van der Waals surface area contributed by atoms with Crippen LogP contribution in [0.25, 0.3) is 22.4 Å². The van der Waals surface area contributed by atoms with Crippen LogP contribution in [0, 0.1) is 12.8 Å². The molecule has 1 aliphatic rings. The van der Waals surface area contributed by atoms with Crippen LogP contribution in [0.15, 0.2) is 66.7 Å². The highest BCUT2D eigenvalue weighted by atomic mass is 32.2. The van der Waals surface area contributed by atoms with Crippen molar-refractivity contribution in [1.82, 2.24) is 28.6 Å². The van der Waals surface area contributed by atoms with E-state index >= 15 is 0 Å². The Labute approximate surface area is 303 Å². The van der Waals surface area contributed by atoms with Gasteiger partial charge in [-0.1, -0.05) is 42.5 Å². The Balaban J connectivity index is 1.43. The summed E-state index contributed by atoms with van der Waals surface area (Å²) in [6.45, 7) is 12.9. The largest absolute Gasteiger partial charge is 0.477 e. The molecule has 0 atom stereocenters. The molecule has 52 heavy (non-hydrogen) atoms. The highest BCUT2D eigenvalue weighted by Gasteiger charge is 2.30. The van der Waals surface area contributed by atoms with Crippen molar-refractivity contribution in [3.63, 3.8) is 0 Å². The molecule has 0 spiro atoms. The van der Waals surface area contributed by atoms with E-state index in [1.807, 2.05) is 91.6 Å². The zero-order chi connectivity index (χ0) is 37.4. The molecular weight excluding hydrogens is 687 g/mol. The summed E-state index contributed by atoms with van der Waals surface area (Å²) in [6, 6.07) is 20.6. The van der Waals surface area contributed by atoms with Crippen LogP contribution in [0.1, 0.15) is 71.2 Å². The molecule has 15 heteroatoms. The van der Waals surface area contributed by atoms with Gasteiger partial charge in [0, 0.05) is 23.7 Å². The highest BCUT2D eigenvalue weighted by molar-refractivity contribution is 7.88. The normalized spacial score (nSPS) is 13.7. The SMILES string of the molecule is Cc1cc2c(CNS(=O)(=O)NC(=O)OC(C)(C)C)cccc2n1-c1nc(N(Cc2ccccc2)C(=O)OC(C)(C)C)c2ccc(OCC3CC3)n2n1. The summed E-state index contributed by atoms with van der Waals surface area (Å²) in [4.78, 5) is 32.6. The van der Waals surface area contributed by atoms with Gasteiger partial charge in [0.1, 0.15) is 16.7 Å². The van der Waals surface area contributed by atoms with Gasteiger partial charge in [-0.2, -0.15) is 22.6 Å². The van der Waals surface area contributed by atoms with E-state index in [-0.39, 0.29) is 19.0 Å². The minimum absolute atomic E-state index is 0.121. The number of aryl methyl sites for hydroxylation is 1. The molecule has 1 saturated carbocycles. The molecule has 3 aromatic heterocycles. The van der Waals surface area contributed by atoms with Gasteiger partial charge in [-0.3, -0.25) is 9.47 Å². The summed E-state index contributed by atoms with van der Waals surface area (Å²) < 4.78 is 50.5. The molecule has 1 aliphatic carbocycles. The van der Waals surface area contributed by atoms with Crippen molar-refractivity contribution < 1.29 is 32.2 Å². The van der Waals surface area contributed by atoms with E-state index in [4.69, 9.17) is 24.3 Å². The maximum atomic E-state index is 14.0. The number of carbonyl (C=O) groups is 2. The molecule has 0 bridgehead atoms. The fourth-order valence-electron chi connectivity index (χ4n) is 5.61. The number of fused-ring (bicyclic) bond motifs is 2. The quantitative estimate of drug-likeness (QED) is 0.153. The molecule has 2 amide bonds. The van der Waals surface area contributed by atoms with Gasteiger partial charge in [0.2, 0.25) is 5.88 Å². The number of anilines is 1. The standard InChI is InChI=1S/C37H45N7O7S/c1-24-20-28-27(21-38-52(47,48)41-34(45)50-36(2,3)4)14-11-15-29(28)43(24)33-39-32(30-18-19-31(44(30)40-33)49-23-26-16-17-26)42(35(46)51-37(5,6)7)22-25-12-9-8-10-13-25/h8-15,18-20,26,38H,16-17,21-23H2,1-7H3,(H,41,45). The Bertz CT molecular complexity index is 2210. The first-order valence-electron chi connectivity index (χ1n) is 17.1.